The highest BCUT2D eigenvalue weighted by molar-refractivity contribution is 7.08. The Labute approximate surface area is 152 Å². The van der Waals surface area contributed by atoms with E-state index in [9.17, 15) is 4.79 Å². The number of halogens is 2. The summed E-state index contributed by atoms with van der Waals surface area (Å²) < 4.78 is 0. The maximum Gasteiger partial charge on any atom is 0.230 e. The fraction of sp³-hybridized carbons (Fsp3) is 0.353. The van der Waals surface area contributed by atoms with Gasteiger partial charge in [-0.3, -0.25) is 4.79 Å². The van der Waals surface area contributed by atoms with Gasteiger partial charge in [0.15, 0.2) is 0 Å². The normalized spacial score (nSPS) is 19.0. The lowest BCUT2D eigenvalue weighted by atomic mass is 9.98. The van der Waals surface area contributed by atoms with Crippen molar-refractivity contribution in [2.75, 3.05) is 19.6 Å². The van der Waals surface area contributed by atoms with Crippen molar-refractivity contribution in [1.29, 1.82) is 0 Å². The minimum atomic E-state index is -0.116. The van der Waals surface area contributed by atoms with Gasteiger partial charge in [-0.05, 0) is 40.9 Å². The number of nitrogens with zero attached hydrogens (tertiary/aromatic N) is 1. The Bertz CT molecular complexity index is 648. The van der Waals surface area contributed by atoms with Gasteiger partial charge in [0.05, 0.1) is 12.0 Å². The Balaban J connectivity index is 0.00000192. The number of carbonyl (C=O) groups is 1. The van der Waals surface area contributed by atoms with Crippen LogP contribution >= 0.6 is 35.3 Å². The average molecular weight is 371 g/mol. The Hall–Kier alpha value is -1.07. The quantitative estimate of drug-likeness (QED) is 0.881. The molecule has 1 aliphatic heterocycles. The number of carbonyl (C=O) groups excluding carboxylic acids is 1. The summed E-state index contributed by atoms with van der Waals surface area (Å²) in [6.07, 6.45) is 0. The lowest BCUT2D eigenvalue weighted by Crippen LogP contribution is -2.49. The molecule has 23 heavy (non-hydrogen) atoms. The van der Waals surface area contributed by atoms with E-state index in [2.05, 4.69) is 10.7 Å². The van der Waals surface area contributed by atoms with Crippen LogP contribution in [-0.4, -0.2) is 30.4 Å². The third-order valence-corrected chi connectivity index (χ3v) is 5.25. The van der Waals surface area contributed by atoms with Gasteiger partial charge in [0.25, 0.3) is 0 Å². The van der Waals surface area contributed by atoms with Crippen molar-refractivity contribution >= 4 is 41.3 Å². The molecule has 2 unspecified atom stereocenters. The molecular weight excluding hydrogens is 351 g/mol. The molecule has 2 atom stereocenters. The molecule has 1 aromatic carbocycles. The van der Waals surface area contributed by atoms with Gasteiger partial charge in [0.2, 0.25) is 5.91 Å². The summed E-state index contributed by atoms with van der Waals surface area (Å²) in [4.78, 5) is 14.9. The Kier molecular flexibility index (Phi) is 6.48. The van der Waals surface area contributed by atoms with E-state index >= 15 is 0 Å². The minimum Gasteiger partial charge on any atom is -0.333 e. The van der Waals surface area contributed by atoms with E-state index in [1.807, 2.05) is 47.5 Å². The van der Waals surface area contributed by atoms with Crippen LogP contribution in [-0.2, 0) is 4.79 Å². The van der Waals surface area contributed by atoms with Crippen molar-refractivity contribution < 1.29 is 4.79 Å². The van der Waals surface area contributed by atoms with Crippen LogP contribution in [0.1, 0.15) is 30.0 Å². The molecule has 0 saturated carbocycles. The molecule has 6 heteroatoms. The van der Waals surface area contributed by atoms with E-state index in [1.54, 1.807) is 11.3 Å². The minimum absolute atomic E-state index is 0. The fourth-order valence-electron chi connectivity index (χ4n) is 2.90. The number of piperazine rings is 1. The maximum atomic E-state index is 13.0. The van der Waals surface area contributed by atoms with Crippen LogP contribution in [0.5, 0.6) is 0 Å². The molecule has 2 heterocycles. The van der Waals surface area contributed by atoms with Crippen molar-refractivity contribution in [2.24, 2.45) is 0 Å². The predicted octanol–water partition coefficient (Wildman–Crippen LogP) is 4.10. The smallest absolute Gasteiger partial charge is 0.230 e. The summed E-state index contributed by atoms with van der Waals surface area (Å²) in [6.45, 7) is 4.26. The standard InChI is InChI=1S/C17H19ClN2OS.ClH/c1-12(13-6-9-22-11-13)17(21)20-8-7-19-10-16(20)14-4-2-3-5-15(14)18;/h2-6,9,11-12,16,19H,7-8,10H2,1H3;1H. The first-order valence-corrected chi connectivity index (χ1v) is 8.78. The molecule has 1 saturated heterocycles. The highest BCUT2D eigenvalue weighted by atomic mass is 35.5. The summed E-state index contributed by atoms with van der Waals surface area (Å²) in [6, 6.07) is 9.81. The molecule has 0 bridgehead atoms. The van der Waals surface area contributed by atoms with Crippen molar-refractivity contribution in [3.05, 3.63) is 57.2 Å². The topological polar surface area (TPSA) is 32.3 Å². The lowest BCUT2D eigenvalue weighted by molar-refractivity contribution is -0.135. The van der Waals surface area contributed by atoms with Crippen LogP contribution < -0.4 is 5.32 Å². The molecule has 1 amide bonds. The first-order valence-electron chi connectivity index (χ1n) is 7.46. The van der Waals surface area contributed by atoms with Crippen molar-refractivity contribution in [3.63, 3.8) is 0 Å². The molecule has 0 spiro atoms. The summed E-state index contributed by atoms with van der Waals surface area (Å²) in [7, 11) is 0. The van der Waals surface area contributed by atoms with Crippen LogP contribution in [0.2, 0.25) is 5.02 Å². The van der Waals surface area contributed by atoms with Gasteiger partial charge in [-0.2, -0.15) is 11.3 Å². The van der Waals surface area contributed by atoms with E-state index in [-0.39, 0.29) is 30.3 Å². The summed E-state index contributed by atoms with van der Waals surface area (Å²) in [5, 5.41) is 8.16. The van der Waals surface area contributed by atoms with Gasteiger partial charge >= 0.3 is 0 Å². The van der Waals surface area contributed by atoms with E-state index in [0.717, 1.165) is 29.2 Å². The largest absolute Gasteiger partial charge is 0.333 e. The number of amides is 1. The Morgan fingerprint density at radius 2 is 2.17 bits per heavy atom. The number of hydrogen-bond donors (Lipinski definition) is 1. The van der Waals surface area contributed by atoms with Crippen molar-refractivity contribution in [1.82, 2.24) is 10.2 Å². The van der Waals surface area contributed by atoms with E-state index in [1.165, 1.54) is 0 Å². The third-order valence-electron chi connectivity index (χ3n) is 4.20. The number of thiophene rings is 1. The zero-order valence-corrected chi connectivity index (χ0v) is 15.3. The number of rotatable bonds is 3. The van der Waals surface area contributed by atoms with Crippen LogP contribution in [0.25, 0.3) is 0 Å². The molecule has 0 aliphatic carbocycles. The summed E-state index contributed by atoms with van der Waals surface area (Å²) in [5.41, 5.74) is 2.11. The lowest BCUT2D eigenvalue weighted by Gasteiger charge is -2.38. The molecule has 1 fully saturated rings. The first kappa shape index (κ1) is 18.3. The Morgan fingerprint density at radius 3 is 2.87 bits per heavy atom. The van der Waals surface area contributed by atoms with Crippen LogP contribution in [0.15, 0.2) is 41.1 Å². The maximum absolute atomic E-state index is 13.0. The molecule has 3 nitrogen and oxygen atoms in total. The van der Waals surface area contributed by atoms with Crippen molar-refractivity contribution in [3.8, 4) is 0 Å². The second-order valence-electron chi connectivity index (χ2n) is 5.55. The highest BCUT2D eigenvalue weighted by Gasteiger charge is 2.32. The molecule has 0 radical (unpaired) electrons. The zero-order chi connectivity index (χ0) is 15.5. The van der Waals surface area contributed by atoms with Crippen molar-refractivity contribution in [2.45, 2.75) is 18.9 Å². The predicted molar refractivity (Wildman–Crippen MR) is 98.8 cm³/mol. The van der Waals surface area contributed by atoms with Gasteiger partial charge in [-0.1, -0.05) is 29.8 Å². The number of hydrogen-bond acceptors (Lipinski definition) is 3. The monoisotopic (exact) mass is 370 g/mol. The van der Waals surface area contributed by atoms with E-state index in [4.69, 9.17) is 11.6 Å². The summed E-state index contributed by atoms with van der Waals surface area (Å²) in [5.74, 6) is 0.0548. The first-order chi connectivity index (χ1) is 10.7. The molecular formula is C17H20Cl2N2OS. The fourth-order valence-corrected chi connectivity index (χ4v) is 3.92. The van der Waals surface area contributed by atoms with E-state index < -0.39 is 0 Å². The Morgan fingerprint density at radius 1 is 1.39 bits per heavy atom. The molecule has 1 aliphatic rings. The SMILES string of the molecule is CC(C(=O)N1CCNCC1c1ccccc1Cl)c1ccsc1.Cl. The summed E-state index contributed by atoms with van der Waals surface area (Å²) >= 11 is 7.97. The third kappa shape index (κ3) is 3.89. The average Bonchev–Trinajstić information content (AvgIpc) is 3.08. The van der Waals surface area contributed by atoms with Gasteiger partial charge in [-0.15, -0.1) is 12.4 Å². The molecule has 1 N–H and O–H groups in total. The molecule has 124 valence electrons. The van der Waals surface area contributed by atoms with Crippen LogP contribution in [0.3, 0.4) is 0 Å². The number of nitrogens with one attached hydrogen (secondary N) is 1. The van der Waals surface area contributed by atoms with E-state index in [0.29, 0.717) is 6.54 Å². The highest BCUT2D eigenvalue weighted by Crippen LogP contribution is 2.31. The zero-order valence-electron chi connectivity index (χ0n) is 12.9. The molecule has 2 aromatic rings. The van der Waals surface area contributed by atoms with Gasteiger partial charge in [0.1, 0.15) is 0 Å². The second-order valence-corrected chi connectivity index (χ2v) is 6.74. The molecule has 1 aromatic heterocycles. The second kappa shape index (κ2) is 8.15. The number of benzene rings is 1. The molecule has 3 rings (SSSR count). The van der Waals surface area contributed by atoms with Crippen LogP contribution in [0, 0.1) is 0 Å². The van der Waals surface area contributed by atoms with Gasteiger partial charge in [-0.25, -0.2) is 0 Å². The van der Waals surface area contributed by atoms with Gasteiger partial charge < -0.3 is 10.2 Å². The van der Waals surface area contributed by atoms with Gasteiger partial charge in [0, 0.05) is 24.7 Å². The van der Waals surface area contributed by atoms with Crippen LogP contribution in [0.4, 0.5) is 0 Å².